The number of methoxy groups -OCH3 is 1. The summed E-state index contributed by atoms with van der Waals surface area (Å²) >= 11 is 1.24. The lowest BCUT2D eigenvalue weighted by molar-refractivity contribution is 0.102. The Morgan fingerprint density at radius 3 is 2.44 bits per heavy atom. The summed E-state index contributed by atoms with van der Waals surface area (Å²) < 4.78 is 18.5. The normalized spacial score (nSPS) is 10.8. The van der Waals surface area contributed by atoms with Crippen molar-refractivity contribution in [1.82, 2.24) is 4.98 Å². The van der Waals surface area contributed by atoms with Gasteiger partial charge in [0.15, 0.2) is 0 Å². The maximum absolute atomic E-state index is 13.4. The molecule has 1 aromatic heterocycles. The third kappa shape index (κ3) is 5.16. The van der Waals surface area contributed by atoms with Gasteiger partial charge in [-0.25, -0.2) is 9.37 Å². The Kier molecular flexibility index (Phi) is 6.52. The molecule has 0 saturated heterocycles. The molecule has 4 rings (SSSR count). The number of nitrogens with zero attached hydrogens (tertiary/aromatic N) is 2. The number of aromatic nitrogens is 1. The molecule has 0 saturated carbocycles. The van der Waals surface area contributed by atoms with E-state index in [4.69, 9.17) is 4.74 Å². The molecular weight excluding hydrogens is 427 g/mol. The Balaban J connectivity index is 1.57. The number of thiazole rings is 1. The van der Waals surface area contributed by atoms with Crippen molar-refractivity contribution >= 4 is 33.6 Å². The molecule has 8 heteroatoms. The molecule has 0 spiro atoms. The number of nitrogens with one attached hydrogen (secondary N) is 2. The van der Waals surface area contributed by atoms with Gasteiger partial charge in [-0.1, -0.05) is 29.5 Å². The molecule has 3 aromatic carbocycles. The fraction of sp³-hybridized carbons (Fsp3) is 0.0417. The van der Waals surface area contributed by atoms with Crippen LogP contribution >= 0.6 is 11.3 Å². The molecule has 0 radical (unpaired) electrons. The molecule has 0 aliphatic rings. The van der Waals surface area contributed by atoms with E-state index in [0.717, 1.165) is 11.3 Å². The second-order valence-corrected chi connectivity index (χ2v) is 7.67. The minimum Gasteiger partial charge on any atom is -0.497 e. The zero-order chi connectivity index (χ0) is 22.3. The number of amides is 1. The van der Waals surface area contributed by atoms with E-state index >= 15 is 0 Å². The topological polar surface area (TPSA) is 75.6 Å². The van der Waals surface area contributed by atoms with Crippen LogP contribution in [-0.2, 0) is 0 Å². The maximum atomic E-state index is 13.4. The minimum absolute atomic E-state index is 0.258. The molecule has 6 nitrogen and oxygen atoms in total. The Labute approximate surface area is 188 Å². The van der Waals surface area contributed by atoms with Crippen LogP contribution in [0.4, 0.5) is 14.5 Å². The summed E-state index contributed by atoms with van der Waals surface area (Å²) in [5.41, 5.74) is 5.51. The molecule has 1 heterocycles. The molecule has 0 unspecified atom stereocenters. The summed E-state index contributed by atoms with van der Waals surface area (Å²) in [6.45, 7) is 0. The Morgan fingerprint density at radius 1 is 1.03 bits per heavy atom. The van der Waals surface area contributed by atoms with E-state index in [9.17, 15) is 9.18 Å². The first-order valence-electron chi connectivity index (χ1n) is 9.68. The average molecular weight is 447 g/mol. The Hall–Kier alpha value is -4.04. The number of anilines is 2. The van der Waals surface area contributed by atoms with Crippen LogP contribution in [0.5, 0.6) is 5.75 Å². The molecule has 0 bridgehead atoms. The second-order valence-electron chi connectivity index (χ2n) is 6.67. The van der Waals surface area contributed by atoms with Gasteiger partial charge in [0, 0.05) is 11.1 Å². The zero-order valence-corrected chi connectivity index (χ0v) is 17.9. The van der Waals surface area contributed by atoms with E-state index in [1.54, 1.807) is 49.7 Å². The van der Waals surface area contributed by atoms with Crippen molar-refractivity contribution in [3.05, 3.63) is 95.8 Å². The van der Waals surface area contributed by atoms with Gasteiger partial charge in [-0.05, 0) is 66.2 Å². The first-order valence-corrected chi connectivity index (χ1v) is 10.5. The molecule has 0 aliphatic heterocycles. The second kappa shape index (κ2) is 9.84. The van der Waals surface area contributed by atoms with Crippen LogP contribution in [0, 0.1) is 5.82 Å². The van der Waals surface area contributed by atoms with Crippen LogP contribution in [0.1, 0.15) is 15.9 Å². The van der Waals surface area contributed by atoms with Crippen LogP contribution in [-0.4, -0.2) is 24.2 Å². The van der Waals surface area contributed by atoms with Gasteiger partial charge in [0.2, 0.25) is 5.13 Å². The number of carbonyl (C=O) groups is 1. The van der Waals surface area contributed by atoms with E-state index in [0.29, 0.717) is 27.0 Å². The van der Waals surface area contributed by atoms with E-state index in [2.05, 4.69) is 20.8 Å². The fourth-order valence-corrected chi connectivity index (χ4v) is 3.71. The monoisotopic (exact) mass is 446 g/mol. The van der Waals surface area contributed by atoms with Crippen LogP contribution in [0.2, 0.25) is 0 Å². The Bertz CT molecular complexity index is 1220. The van der Waals surface area contributed by atoms with Gasteiger partial charge in [0.05, 0.1) is 13.3 Å². The van der Waals surface area contributed by atoms with Gasteiger partial charge in [-0.15, -0.1) is 0 Å². The van der Waals surface area contributed by atoms with Crippen molar-refractivity contribution in [2.45, 2.75) is 0 Å². The molecule has 2 N–H and O–H groups in total. The maximum Gasteiger partial charge on any atom is 0.256 e. The molecule has 160 valence electrons. The molecule has 4 aromatic rings. The highest BCUT2D eigenvalue weighted by atomic mass is 32.1. The van der Waals surface area contributed by atoms with E-state index in [-0.39, 0.29) is 11.7 Å². The summed E-state index contributed by atoms with van der Waals surface area (Å²) in [7, 11) is 1.61. The number of hydrazone groups is 1. The summed E-state index contributed by atoms with van der Waals surface area (Å²) in [4.78, 5) is 17.2. The summed E-state index contributed by atoms with van der Waals surface area (Å²) in [6, 6.07) is 22.3. The smallest absolute Gasteiger partial charge is 0.256 e. The number of carbonyl (C=O) groups excluding carboxylic acids is 1. The van der Waals surface area contributed by atoms with Crippen LogP contribution in [0.3, 0.4) is 0 Å². The van der Waals surface area contributed by atoms with Crippen molar-refractivity contribution in [2.75, 3.05) is 17.9 Å². The van der Waals surface area contributed by atoms with Crippen LogP contribution in [0.15, 0.2) is 84.0 Å². The minimum atomic E-state index is -0.346. The lowest BCUT2D eigenvalue weighted by Crippen LogP contribution is -2.11. The number of benzene rings is 3. The highest BCUT2D eigenvalue weighted by Crippen LogP contribution is 2.36. The average Bonchev–Trinajstić information content (AvgIpc) is 3.23. The quantitative estimate of drug-likeness (QED) is 0.284. The van der Waals surface area contributed by atoms with E-state index in [1.165, 1.54) is 23.5 Å². The fourth-order valence-electron chi connectivity index (χ4n) is 2.87. The predicted octanol–water partition coefficient (Wildman–Crippen LogP) is 5.66. The van der Waals surface area contributed by atoms with Crippen molar-refractivity contribution in [2.24, 2.45) is 5.10 Å². The summed E-state index contributed by atoms with van der Waals surface area (Å²) in [5.74, 6) is 0.157. The van der Waals surface area contributed by atoms with Gasteiger partial charge < -0.3 is 10.1 Å². The highest BCUT2D eigenvalue weighted by molar-refractivity contribution is 7.20. The van der Waals surface area contributed by atoms with E-state index in [1.807, 2.05) is 30.3 Å². The van der Waals surface area contributed by atoms with Gasteiger partial charge in [-0.3, -0.25) is 10.2 Å². The lowest BCUT2D eigenvalue weighted by Gasteiger charge is -2.05. The lowest BCUT2D eigenvalue weighted by atomic mass is 10.1. The highest BCUT2D eigenvalue weighted by Gasteiger charge is 2.16. The van der Waals surface area contributed by atoms with Crippen molar-refractivity contribution in [1.29, 1.82) is 0 Å². The van der Waals surface area contributed by atoms with Gasteiger partial charge in [0.1, 0.15) is 22.3 Å². The molecule has 0 fully saturated rings. The van der Waals surface area contributed by atoms with Crippen LogP contribution in [0.25, 0.3) is 11.3 Å². The number of ether oxygens (including phenoxy) is 1. The largest absolute Gasteiger partial charge is 0.497 e. The molecule has 0 aliphatic carbocycles. The number of halogens is 1. The van der Waals surface area contributed by atoms with Crippen molar-refractivity contribution in [3.63, 3.8) is 0 Å². The predicted molar refractivity (Wildman–Crippen MR) is 126 cm³/mol. The van der Waals surface area contributed by atoms with Gasteiger partial charge in [0.25, 0.3) is 5.91 Å². The third-order valence-corrected chi connectivity index (χ3v) is 5.37. The Morgan fingerprint density at radius 2 is 1.75 bits per heavy atom. The van der Waals surface area contributed by atoms with Crippen molar-refractivity contribution in [3.8, 4) is 17.0 Å². The first-order chi connectivity index (χ1) is 15.6. The number of hydrogen-bond donors (Lipinski definition) is 2. The first kappa shape index (κ1) is 21.2. The SMILES string of the molecule is COc1ccc(/C=N/Nc2nc(-c3ccc(F)cc3)c(NC(=O)c3ccccc3)s2)cc1. The molecule has 0 atom stereocenters. The van der Waals surface area contributed by atoms with Crippen LogP contribution < -0.4 is 15.5 Å². The zero-order valence-electron chi connectivity index (χ0n) is 17.1. The van der Waals surface area contributed by atoms with Gasteiger partial charge >= 0.3 is 0 Å². The molecular formula is C24H19FN4O2S. The van der Waals surface area contributed by atoms with Crippen molar-refractivity contribution < 1.29 is 13.9 Å². The van der Waals surface area contributed by atoms with Gasteiger partial charge in [-0.2, -0.15) is 5.10 Å². The number of hydrogen-bond acceptors (Lipinski definition) is 6. The molecule has 1 amide bonds. The third-order valence-electron chi connectivity index (χ3n) is 4.50. The van der Waals surface area contributed by atoms with E-state index < -0.39 is 0 Å². The summed E-state index contributed by atoms with van der Waals surface area (Å²) in [5, 5.41) is 8.14. The summed E-state index contributed by atoms with van der Waals surface area (Å²) in [6.07, 6.45) is 1.65. The standard InChI is InChI=1S/C24H19FN4O2S/c1-31-20-13-7-16(8-14-20)15-26-29-24-27-21(17-9-11-19(25)12-10-17)23(32-24)28-22(30)18-5-3-2-4-6-18/h2-15H,1H3,(H,27,29)(H,28,30)/b26-15+. The number of rotatable bonds is 7. The molecule has 32 heavy (non-hydrogen) atoms.